The molecule has 19 heteroatoms. The Bertz CT molecular complexity index is 2240. The highest BCUT2D eigenvalue weighted by Crippen LogP contribution is 2.45. The topological polar surface area (TPSA) is 237 Å². The van der Waals surface area contributed by atoms with Crippen LogP contribution in [0, 0.1) is 0 Å². The molecule has 0 aliphatic carbocycles. The first-order valence-corrected chi connectivity index (χ1v) is 41.5. The lowest BCUT2D eigenvalue weighted by Gasteiger charge is -2.21. The van der Waals surface area contributed by atoms with E-state index in [-0.39, 0.29) is 25.7 Å². The van der Waals surface area contributed by atoms with Crippen molar-refractivity contribution in [3.8, 4) is 0 Å². The van der Waals surface area contributed by atoms with Crippen molar-refractivity contribution in [3.63, 3.8) is 0 Å². The van der Waals surface area contributed by atoms with Crippen LogP contribution in [-0.2, 0) is 65.4 Å². The van der Waals surface area contributed by atoms with Crippen molar-refractivity contribution in [2.75, 3.05) is 39.6 Å². The number of esters is 4. The zero-order chi connectivity index (χ0) is 71.8. The van der Waals surface area contributed by atoms with E-state index in [1.807, 2.05) is 0 Å². The summed E-state index contributed by atoms with van der Waals surface area (Å²) in [5.41, 5.74) is 0. The van der Waals surface area contributed by atoms with Crippen LogP contribution in [0.1, 0.15) is 323 Å². The van der Waals surface area contributed by atoms with Gasteiger partial charge in [0, 0.05) is 25.7 Å². The summed E-state index contributed by atoms with van der Waals surface area (Å²) in [6.45, 7) is 4.63. The van der Waals surface area contributed by atoms with Crippen LogP contribution in [0.3, 0.4) is 0 Å². The number of unbranched alkanes of at least 4 members (excludes halogenated alkanes) is 30. The molecule has 0 aromatic carbocycles. The number of rotatable bonds is 72. The van der Waals surface area contributed by atoms with Crippen LogP contribution in [0.5, 0.6) is 0 Å². The van der Waals surface area contributed by atoms with Gasteiger partial charge in [-0.25, -0.2) is 9.13 Å². The normalized spacial score (nSPS) is 14.5. The highest BCUT2D eigenvalue weighted by atomic mass is 31.2. The standard InChI is InChI=1S/C79H138O17P2/c1-5-9-13-17-21-25-29-33-36-40-43-47-51-55-59-63-76(81)89-69-74(95-78(83)65-61-57-53-49-45-39-32-28-24-20-16-12-8-4)71-93-97(85,86)91-67-73(80)68-92-98(87,88)94-72-75(96-79(84)66-62-58-54-50-46-42-38-35-31-27-23-19-15-11-7-3)70-90-77(82)64-60-56-52-48-44-41-37-34-30-26-22-18-14-10-6-2/h10,14,16,20-22,25-26,28,32-38,73-75,80H,5-9,11-13,15,17-19,23-24,27,29-31,39-72H2,1-4H3,(H,85,86)(H,87,88)/b14-10-,20-16-,25-21-,26-22-,32-28-,36-33-,37-34-,38-35-. The predicted molar refractivity (Wildman–Crippen MR) is 399 cm³/mol. The van der Waals surface area contributed by atoms with Gasteiger partial charge in [0.1, 0.15) is 19.3 Å². The average Bonchev–Trinajstić information content (AvgIpc) is 1.04. The summed E-state index contributed by atoms with van der Waals surface area (Å²) >= 11 is 0. The Hall–Kier alpha value is -4.02. The largest absolute Gasteiger partial charge is 0.472 e. The molecule has 17 nitrogen and oxygen atoms in total. The zero-order valence-electron chi connectivity index (χ0n) is 61.7. The first-order chi connectivity index (χ1) is 47.7. The Kier molecular flexibility index (Phi) is 68.4. The second-order valence-electron chi connectivity index (χ2n) is 25.6. The number of carbonyl (C=O) groups excluding carboxylic acids is 4. The Balaban J connectivity index is 5.37. The van der Waals surface area contributed by atoms with Crippen LogP contribution in [0.25, 0.3) is 0 Å². The molecule has 0 heterocycles. The van der Waals surface area contributed by atoms with Gasteiger partial charge in [-0.2, -0.15) is 0 Å². The molecule has 0 aromatic rings. The van der Waals surface area contributed by atoms with Crippen molar-refractivity contribution in [1.29, 1.82) is 0 Å². The molecule has 5 atom stereocenters. The maximum atomic E-state index is 13.1. The van der Waals surface area contributed by atoms with Gasteiger partial charge in [-0.05, 0) is 141 Å². The maximum absolute atomic E-state index is 13.1. The van der Waals surface area contributed by atoms with Crippen molar-refractivity contribution in [2.45, 2.75) is 341 Å². The number of allylic oxidation sites excluding steroid dienone is 16. The number of phosphoric acid groups is 2. The van der Waals surface area contributed by atoms with Crippen LogP contribution in [0.15, 0.2) is 97.2 Å². The Labute approximate surface area is 595 Å². The van der Waals surface area contributed by atoms with Gasteiger partial charge in [0.2, 0.25) is 0 Å². The lowest BCUT2D eigenvalue weighted by Crippen LogP contribution is -2.30. The minimum atomic E-state index is -4.98. The van der Waals surface area contributed by atoms with Gasteiger partial charge < -0.3 is 33.8 Å². The number of hydrogen-bond donors (Lipinski definition) is 3. The average molecular weight is 1420 g/mol. The van der Waals surface area contributed by atoms with Gasteiger partial charge in [0.25, 0.3) is 0 Å². The van der Waals surface area contributed by atoms with Crippen molar-refractivity contribution >= 4 is 39.5 Å². The summed E-state index contributed by atoms with van der Waals surface area (Å²) in [6, 6.07) is 0. The zero-order valence-corrected chi connectivity index (χ0v) is 63.5. The van der Waals surface area contributed by atoms with Crippen LogP contribution in [-0.4, -0.2) is 96.7 Å². The van der Waals surface area contributed by atoms with Crippen molar-refractivity contribution in [3.05, 3.63) is 97.2 Å². The first kappa shape index (κ1) is 94.0. The molecule has 0 aromatic heterocycles. The minimum absolute atomic E-state index is 0.0754. The second-order valence-corrected chi connectivity index (χ2v) is 28.5. The fourth-order valence-corrected chi connectivity index (χ4v) is 11.7. The third-order valence-corrected chi connectivity index (χ3v) is 17.9. The van der Waals surface area contributed by atoms with Gasteiger partial charge in [-0.3, -0.25) is 37.3 Å². The summed E-state index contributed by atoms with van der Waals surface area (Å²) in [4.78, 5) is 72.9. The molecule has 0 saturated carbocycles. The summed E-state index contributed by atoms with van der Waals surface area (Å²) in [6.07, 6.45) is 73.9. The molecule has 0 saturated heterocycles. The third-order valence-electron chi connectivity index (χ3n) is 16.0. The quantitative estimate of drug-likeness (QED) is 0.0169. The van der Waals surface area contributed by atoms with Crippen LogP contribution in [0.2, 0.25) is 0 Å². The molecule has 0 bridgehead atoms. The van der Waals surface area contributed by atoms with Gasteiger partial charge >= 0.3 is 39.5 Å². The SMILES string of the molecule is CC/C=C\C/C=C\C/C=C\CCCCCCCC(=O)OCC(COP(=O)(O)OCC(O)COP(=O)(O)OCC(COC(=O)CCCCCCC/C=C\C/C=C\CCCCC)OC(=O)CCCCCCC/C=C\C/C=C\CCC)OC(=O)CCCCCCC/C=C\CCCCCCCC. The fourth-order valence-electron chi connectivity index (χ4n) is 10.1. The van der Waals surface area contributed by atoms with Gasteiger partial charge in [0.15, 0.2) is 12.2 Å². The third kappa shape index (κ3) is 70.4. The van der Waals surface area contributed by atoms with Crippen molar-refractivity contribution in [2.24, 2.45) is 0 Å². The van der Waals surface area contributed by atoms with Crippen LogP contribution >= 0.6 is 15.6 Å². The predicted octanol–water partition coefficient (Wildman–Crippen LogP) is 22.0. The van der Waals surface area contributed by atoms with E-state index in [1.165, 1.54) is 57.8 Å². The number of aliphatic hydroxyl groups excluding tert-OH is 1. The van der Waals surface area contributed by atoms with E-state index in [0.29, 0.717) is 25.7 Å². The summed E-state index contributed by atoms with van der Waals surface area (Å²) in [5.74, 6) is -2.22. The molecule has 0 spiro atoms. The highest BCUT2D eigenvalue weighted by molar-refractivity contribution is 7.47. The molecule has 566 valence electrons. The van der Waals surface area contributed by atoms with Crippen molar-refractivity contribution < 1.29 is 80.2 Å². The van der Waals surface area contributed by atoms with Gasteiger partial charge in [-0.1, -0.05) is 253 Å². The summed E-state index contributed by atoms with van der Waals surface area (Å²) < 4.78 is 68.5. The van der Waals surface area contributed by atoms with Crippen LogP contribution in [0.4, 0.5) is 0 Å². The monoisotopic (exact) mass is 1420 g/mol. The van der Waals surface area contributed by atoms with Crippen LogP contribution < -0.4 is 0 Å². The summed E-state index contributed by atoms with van der Waals surface area (Å²) in [5, 5.41) is 10.6. The Morgan fingerprint density at radius 1 is 0.296 bits per heavy atom. The fraction of sp³-hybridized carbons (Fsp3) is 0.747. The second kappa shape index (κ2) is 71.4. The molecular formula is C79H138O17P2. The minimum Gasteiger partial charge on any atom is -0.462 e. The highest BCUT2D eigenvalue weighted by Gasteiger charge is 2.30. The molecule has 0 fully saturated rings. The molecule has 0 amide bonds. The first-order valence-electron chi connectivity index (χ1n) is 38.5. The smallest absolute Gasteiger partial charge is 0.462 e. The van der Waals surface area contributed by atoms with E-state index in [9.17, 15) is 43.2 Å². The number of hydrogen-bond acceptors (Lipinski definition) is 15. The Morgan fingerprint density at radius 3 is 0.888 bits per heavy atom. The van der Waals surface area contributed by atoms with Gasteiger partial charge in [0.05, 0.1) is 26.4 Å². The van der Waals surface area contributed by atoms with E-state index < -0.39 is 97.5 Å². The molecule has 98 heavy (non-hydrogen) atoms. The number of phosphoric ester groups is 2. The summed E-state index contributed by atoms with van der Waals surface area (Å²) in [7, 11) is -9.96. The maximum Gasteiger partial charge on any atom is 0.472 e. The lowest BCUT2D eigenvalue weighted by atomic mass is 10.1. The van der Waals surface area contributed by atoms with E-state index in [4.69, 9.17) is 37.0 Å². The van der Waals surface area contributed by atoms with E-state index in [0.717, 1.165) is 186 Å². The van der Waals surface area contributed by atoms with E-state index >= 15 is 0 Å². The Morgan fingerprint density at radius 2 is 0.551 bits per heavy atom. The number of carbonyl (C=O) groups is 4. The van der Waals surface area contributed by atoms with E-state index in [1.54, 1.807) is 0 Å². The molecule has 0 radical (unpaired) electrons. The van der Waals surface area contributed by atoms with Crippen molar-refractivity contribution in [1.82, 2.24) is 0 Å². The lowest BCUT2D eigenvalue weighted by molar-refractivity contribution is -0.161. The van der Waals surface area contributed by atoms with Gasteiger partial charge in [-0.15, -0.1) is 0 Å². The molecular weight excluding hydrogens is 1280 g/mol. The molecule has 0 rings (SSSR count). The molecule has 3 N–H and O–H groups in total. The molecule has 0 aliphatic rings. The number of aliphatic hydroxyl groups is 1. The molecule has 5 unspecified atom stereocenters. The molecule has 0 aliphatic heterocycles. The number of ether oxygens (including phenoxy) is 4. The van der Waals surface area contributed by atoms with E-state index in [2.05, 4.69) is 125 Å².